The molecule has 1 saturated carbocycles. The topological polar surface area (TPSA) is 136 Å². The second-order valence-corrected chi connectivity index (χ2v) is 10.8. The highest BCUT2D eigenvalue weighted by Gasteiger charge is 2.35. The Morgan fingerprint density at radius 2 is 1.97 bits per heavy atom. The van der Waals surface area contributed by atoms with Crippen LogP contribution in [0.2, 0.25) is 0 Å². The maximum absolute atomic E-state index is 12.2. The number of sulfonamides is 1. The van der Waals surface area contributed by atoms with Crippen LogP contribution in [0.4, 0.5) is 5.82 Å². The van der Waals surface area contributed by atoms with E-state index in [1.165, 1.54) is 12.4 Å². The Labute approximate surface area is 197 Å². The average molecular weight is 482 g/mol. The third-order valence-corrected chi connectivity index (χ3v) is 8.31. The number of hydrogen-bond donors (Lipinski definition) is 2. The second kappa shape index (κ2) is 8.80. The number of anilines is 1. The first-order valence-electron chi connectivity index (χ1n) is 11.3. The fourth-order valence-corrected chi connectivity index (χ4v) is 5.76. The van der Waals surface area contributed by atoms with E-state index in [-0.39, 0.29) is 23.7 Å². The van der Waals surface area contributed by atoms with Crippen molar-refractivity contribution in [1.29, 1.82) is 0 Å². The molecule has 0 bridgehead atoms. The summed E-state index contributed by atoms with van der Waals surface area (Å²) >= 11 is 0. The fourth-order valence-electron chi connectivity index (χ4n) is 4.40. The Morgan fingerprint density at radius 1 is 1.21 bits per heavy atom. The van der Waals surface area contributed by atoms with Crippen LogP contribution in [-0.2, 0) is 21.4 Å². The summed E-state index contributed by atoms with van der Waals surface area (Å²) < 4.78 is 28.7. The van der Waals surface area contributed by atoms with Crippen molar-refractivity contribution in [3.63, 3.8) is 0 Å². The van der Waals surface area contributed by atoms with Crippen molar-refractivity contribution >= 4 is 32.8 Å². The normalized spacial score (nSPS) is 18.8. The summed E-state index contributed by atoms with van der Waals surface area (Å²) in [6, 6.07) is 7.50. The maximum atomic E-state index is 12.2. The number of hydrogen-bond acceptors (Lipinski definition) is 7. The van der Waals surface area contributed by atoms with Gasteiger partial charge in [0, 0.05) is 25.2 Å². The monoisotopic (exact) mass is 481 g/mol. The molecule has 1 atom stereocenters. The molecule has 5 rings (SSSR count). The van der Waals surface area contributed by atoms with E-state index in [1.54, 1.807) is 4.90 Å². The summed E-state index contributed by atoms with van der Waals surface area (Å²) in [6.07, 6.45) is 5.93. The molecular formula is C23H27N7O3S. The van der Waals surface area contributed by atoms with Crippen LogP contribution >= 0.6 is 0 Å². The Hall–Kier alpha value is -3.31. The summed E-state index contributed by atoms with van der Waals surface area (Å²) in [4.78, 5) is 22.6. The Morgan fingerprint density at radius 3 is 2.68 bits per heavy atom. The number of carbonyl (C=O) groups is 1. The van der Waals surface area contributed by atoms with Crippen molar-refractivity contribution < 1.29 is 13.2 Å². The maximum Gasteiger partial charge on any atom is 0.246 e. The first kappa shape index (κ1) is 22.5. The van der Waals surface area contributed by atoms with Gasteiger partial charge in [-0.15, -0.1) is 0 Å². The predicted octanol–water partition coefficient (Wildman–Crippen LogP) is 2.01. The molecule has 3 aromatic rings. The predicted molar refractivity (Wildman–Crippen MR) is 129 cm³/mol. The lowest BCUT2D eigenvalue weighted by atomic mass is 10.1. The molecule has 0 spiro atoms. The molecule has 1 aliphatic carbocycles. The minimum atomic E-state index is -3.24. The van der Waals surface area contributed by atoms with Crippen LogP contribution in [0.1, 0.15) is 37.3 Å². The number of aromatic nitrogens is 4. The van der Waals surface area contributed by atoms with Crippen molar-refractivity contribution in [3.8, 4) is 11.3 Å². The first-order chi connectivity index (χ1) is 16.4. The molecule has 2 aliphatic rings. The molecule has 1 unspecified atom stereocenters. The van der Waals surface area contributed by atoms with Gasteiger partial charge in [0.25, 0.3) is 0 Å². The Kier molecular flexibility index (Phi) is 5.82. The summed E-state index contributed by atoms with van der Waals surface area (Å²) in [6.45, 7) is 5.05. The van der Waals surface area contributed by atoms with Gasteiger partial charge in [-0.1, -0.05) is 30.8 Å². The van der Waals surface area contributed by atoms with Crippen LogP contribution in [0.25, 0.3) is 22.3 Å². The van der Waals surface area contributed by atoms with Gasteiger partial charge in [-0.05, 0) is 37.3 Å². The van der Waals surface area contributed by atoms with E-state index in [4.69, 9.17) is 10.8 Å². The van der Waals surface area contributed by atoms with Gasteiger partial charge >= 0.3 is 0 Å². The number of piperidine rings is 1. The van der Waals surface area contributed by atoms with Crippen LogP contribution in [0, 0.1) is 0 Å². The van der Waals surface area contributed by atoms with E-state index < -0.39 is 10.0 Å². The van der Waals surface area contributed by atoms with Gasteiger partial charge in [0.2, 0.25) is 15.9 Å². The molecule has 0 radical (unpaired) electrons. The highest BCUT2D eigenvalue weighted by Crippen LogP contribution is 2.34. The number of nitrogen functional groups attached to an aromatic ring is 1. The van der Waals surface area contributed by atoms with Crippen LogP contribution in [0.3, 0.4) is 0 Å². The lowest BCUT2D eigenvalue weighted by Crippen LogP contribution is -2.40. The molecule has 1 aliphatic heterocycles. The second-order valence-electron chi connectivity index (χ2n) is 8.80. The molecule has 3 N–H and O–H groups in total. The molecule has 3 heterocycles. The number of rotatable bonds is 7. The molecule has 2 aromatic heterocycles. The van der Waals surface area contributed by atoms with E-state index >= 15 is 0 Å². The van der Waals surface area contributed by atoms with Gasteiger partial charge in [0.05, 0.1) is 16.7 Å². The van der Waals surface area contributed by atoms with Crippen LogP contribution in [0.5, 0.6) is 0 Å². The van der Waals surface area contributed by atoms with Crippen molar-refractivity contribution in [1.82, 2.24) is 29.4 Å². The first-order valence-corrected chi connectivity index (χ1v) is 12.9. The van der Waals surface area contributed by atoms with Crippen molar-refractivity contribution in [3.05, 3.63) is 48.8 Å². The van der Waals surface area contributed by atoms with Crippen LogP contribution < -0.4 is 10.5 Å². The lowest BCUT2D eigenvalue weighted by molar-refractivity contribution is -0.127. The smallest absolute Gasteiger partial charge is 0.246 e. The van der Waals surface area contributed by atoms with Gasteiger partial charge in [0.15, 0.2) is 5.65 Å². The van der Waals surface area contributed by atoms with E-state index in [1.807, 2.05) is 28.9 Å². The Bertz CT molecular complexity index is 1350. The molecule has 1 saturated heterocycles. The van der Waals surface area contributed by atoms with Crippen LogP contribution in [0.15, 0.2) is 43.2 Å². The number of carbonyl (C=O) groups excluding carboxylic acids is 1. The minimum Gasteiger partial charge on any atom is -0.383 e. The largest absolute Gasteiger partial charge is 0.383 e. The molecule has 34 heavy (non-hydrogen) atoms. The van der Waals surface area contributed by atoms with Gasteiger partial charge in [0.1, 0.15) is 17.8 Å². The van der Waals surface area contributed by atoms with Crippen molar-refractivity contribution in [2.24, 2.45) is 0 Å². The highest BCUT2D eigenvalue weighted by molar-refractivity contribution is 7.90. The van der Waals surface area contributed by atoms with Crippen molar-refractivity contribution in [2.75, 3.05) is 18.8 Å². The fraction of sp³-hybridized carbons (Fsp3) is 0.391. The van der Waals surface area contributed by atoms with Gasteiger partial charge < -0.3 is 10.6 Å². The van der Waals surface area contributed by atoms with Gasteiger partial charge in [-0.2, -0.15) is 5.10 Å². The van der Waals surface area contributed by atoms with E-state index in [9.17, 15) is 13.2 Å². The number of benzene rings is 1. The van der Waals surface area contributed by atoms with E-state index in [0.29, 0.717) is 35.6 Å². The number of nitrogens with two attached hydrogens (primary N) is 1. The molecule has 11 heteroatoms. The summed E-state index contributed by atoms with van der Waals surface area (Å²) in [5.74, 6) is 0.241. The molecule has 10 nitrogen and oxygen atoms in total. The number of likely N-dealkylation sites (tertiary alicyclic amines) is 1. The quantitative estimate of drug-likeness (QED) is 0.493. The van der Waals surface area contributed by atoms with Crippen molar-refractivity contribution in [2.45, 2.75) is 43.5 Å². The van der Waals surface area contributed by atoms with Gasteiger partial charge in [-0.25, -0.2) is 27.8 Å². The molecular weight excluding hydrogens is 454 g/mol. The third kappa shape index (κ3) is 4.28. The van der Waals surface area contributed by atoms with Crippen LogP contribution in [-0.4, -0.2) is 57.3 Å². The summed E-state index contributed by atoms with van der Waals surface area (Å²) in [5, 5.41) is 5.29. The van der Waals surface area contributed by atoms with E-state index in [2.05, 4.69) is 21.3 Å². The third-order valence-electron chi connectivity index (χ3n) is 6.41. The number of nitrogens with zero attached hydrogens (tertiary/aromatic N) is 5. The lowest BCUT2D eigenvalue weighted by Gasteiger charge is -2.32. The highest BCUT2D eigenvalue weighted by atomic mass is 32.2. The average Bonchev–Trinajstić information content (AvgIpc) is 3.65. The number of fused-ring (bicyclic) bond motifs is 1. The summed E-state index contributed by atoms with van der Waals surface area (Å²) in [7, 11) is -3.24. The molecule has 2 fully saturated rings. The standard InChI is InChI=1S/C23H27N7O3S/c1-2-19(31)29-11-3-4-17(13-29)30-23-20(22(24)25-14-26-23)21(28-30)16-7-5-15(6-8-16)12-27-34(32,33)18-9-10-18/h2,5-8,14,17-18,27H,1,3-4,9-13H2,(H2,24,25,26). The molecule has 1 aromatic carbocycles. The van der Waals surface area contributed by atoms with E-state index in [0.717, 1.165) is 36.8 Å². The zero-order valence-electron chi connectivity index (χ0n) is 18.7. The zero-order valence-corrected chi connectivity index (χ0v) is 19.5. The molecule has 1 amide bonds. The van der Waals surface area contributed by atoms with Gasteiger partial charge in [-0.3, -0.25) is 4.79 Å². The number of nitrogens with one attached hydrogen (secondary N) is 1. The number of amides is 1. The Balaban J connectivity index is 1.44. The molecule has 178 valence electrons. The zero-order chi connectivity index (χ0) is 23.9. The summed E-state index contributed by atoms with van der Waals surface area (Å²) in [5.41, 5.74) is 9.20. The SMILES string of the molecule is C=CC(=O)N1CCCC(n2nc(-c3ccc(CNS(=O)(=O)C4CC4)cc3)c3c(N)ncnc32)C1. The minimum absolute atomic E-state index is 0.0423.